The molecule has 2 rings (SSSR count). The van der Waals surface area contributed by atoms with Crippen molar-refractivity contribution in [2.75, 3.05) is 0 Å². The first-order chi connectivity index (χ1) is 8.72. The molecule has 1 fully saturated rings. The van der Waals surface area contributed by atoms with Gasteiger partial charge in [0, 0.05) is 6.20 Å². The number of rotatable bonds is 4. The Bertz CT molecular complexity index is 422. The fraction of sp³-hybridized carbons (Fsp3) is 0.615. The minimum atomic E-state index is -1.05. The van der Waals surface area contributed by atoms with E-state index in [2.05, 4.69) is 16.9 Å². The van der Waals surface area contributed by atoms with Gasteiger partial charge in [0.2, 0.25) is 5.88 Å². The second kappa shape index (κ2) is 5.80. The molecule has 0 spiro atoms. The van der Waals surface area contributed by atoms with Crippen LogP contribution in [-0.4, -0.2) is 27.1 Å². The first kappa shape index (κ1) is 12.8. The molecular weight excluding hydrogens is 232 g/mol. The van der Waals surface area contributed by atoms with Gasteiger partial charge in [-0.3, -0.25) is 0 Å². The van der Waals surface area contributed by atoms with E-state index in [4.69, 9.17) is 9.84 Å². The fourth-order valence-corrected chi connectivity index (χ4v) is 2.50. The lowest BCUT2D eigenvalue weighted by Crippen LogP contribution is -2.30. The lowest BCUT2D eigenvalue weighted by Gasteiger charge is -2.30. The summed E-state index contributed by atoms with van der Waals surface area (Å²) < 4.78 is 5.82. The molecule has 1 aliphatic carbocycles. The highest BCUT2D eigenvalue weighted by Crippen LogP contribution is 2.30. The Morgan fingerprint density at radius 3 is 3.00 bits per heavy atom. The second-order valence-electron chi connectivity index (χ2n) is 4.66. The Labute approximate surface area is 106 Å². The molecule has 98 valence electrons. The molecule has 1 aromatic heterocycles. The predicted molar refractivity (Wildman–Crippen MR) is 65.7 cm³/mol. The van der Waals surface area contributed by atoms with E-state index in [1.807, 2.05) is 0 Å². The third-order valence-corrected chi connectivity index (χ3v) is 3.53. The summed E-state index contributed by atoms with van der Waals surface area (Å²) >= 11 is 0. The average molecular weight is 250 g/mol. The van der Waals surface area contributed by atoms with Crippen LogP contribution in [0.2, 0.25) is 0 Å². The summed E-state index contributed by atoms with van der Waals surface area (Å²) in [5, 5.41) is 9.06. The van der Waals surface area contributed by atoms with Crippen LogP contribution in [0.3, 0.4) is 0 Å². The number of carboxylic acid groups (broad SMARTS) is 1. The number of nitrogens with zero attached hydrogens (tertiary/aromatic N) is 2. The third kappa shape index (κ3) is 2.78. The SMILES string of the molecule is CCC1CCCCC1Oc1ncncc1C(=O)O. The van der Waals surface area contributed by atoms with E-state index in [-0.39, 0.29) is 17.5 Å². The van der Waals surface area contributed by atoms with Crippen LogP contribution in [0.5, 0.6) is 5.88 Å². The summed E-state index contributed by atoms with van der Waals surface area (Å²) in [6.07, 6.45) is 8.23. The van der Waals surface area contributed by atoms with Crippen LogP contribution in [0.25, 0.3) is 0 Å². The molecule has 0 radical (unpaired) electrons. The number of hydrogen-bond donors (Lipinski definition) is 1. The molecule has 2 atom stereocenters. The van der Waals surface area contributed by atoms with Crippen molar-refractivity contribution in [1.29, 1.82) is 0 Å². The highest BCUT2D eigenvalue weighted by atomic mass is 16.5. The minimum Gasteiger partial charge on any atom is -0.477 e. The summed E-state index contributed by atoms with van der Waals surface area (Å²) in [7, 11) is 0. The molecule has 1 aliphatic rings. The van der Waals surface area contributed by atoms with Gasteiger partial charge in [0.15, 0.2) is 0 Å². The van der Waals surface area contributed by atoms with Crippen LogP contribution < -0.4 is 4.74 Å². The zero-order chi connectivity index (χ0) is 13.0. The number of aromatic nitrogens is 2. The molecule has 5 heteroatoms. The standard InChI is InChI=1S/C13H18N2O3/c1-2-9-5-3-4-6-11(9)18-12-10(13(16)17)7-14-8-15-12/h7-9,11H,2-6H2,1H3,(H,16,17). The van der Waals surface area contributed by atoms with E-state index in [9.17, 15) is 4.79 Å². The van der Waals surface area contributed by atoms with Crippen molar-refractivity contribution in [2.45, 2.75) is 45.1 Å². The average Bonchev–Trinajstić information content (AvgIpc) is 2.40. The van der Waals surface area contributed by atoms with Gasteiger partial charge in [-0.15, -0.1) is 0 Å². The Morgan fingerprint density at radius 2 is 2.28 bits per heavy atom. The van der Waals surface area contributed by atoms with Gasteiger partial charge in [-0.1, -0.05) is 13.3 Å². The lowest BCUT2D eigenvalue weighted by atomic mass is 9.85. The number of carboxylic acids is 1. The van der Waals surface area contributed by atoms with Crippen LogP contribution >= 0.6 is 0 Å². The van der Waals surface area contributed by atoms with Crippen molar-refractivity contribution in [2.24, 2.45) is 5.92 Å². The van der Waals surface area contributed by atoms with E-state index in [1.54, 1.807) is 0 Å². The van der Waals surface area contributed by atoms with Gasteiger partial charge in [0.1, 0.15) is 18.0 Å². The Balaban J connectivity index is 2.15. The summed E-state index contributed by atoms with van der Waals surface area (Å²) in [5.74, 6) is -0.354. The molecule has 1 saturated carbocycles. The molecule has 18 heavy (non-hydrogen) atoms. The van der Waals surface area contributed by atoms with E-state index in [0.717, 1.165) is 25.7 Å². The Morgan fingerprint density at radius 1 is 1.50 bits per heavy atom. The number of hydrogen-bond acceptors (Lipinski definition) is 4. The van der Waals surface area contributed by atoms with Gasteiger partial charge in [0.05, 0.1) is 0 Å². The van der Waals surface area contributed by atoms with Crippen molar-refractivity contribution >= 4 is 5.97 Å². The number of carbonyl (C=O) groups is 1. The van der Waals surface area contributed by atoms with Crippen LogP contribution in [0.1, 0.15) is 49.4 Å². The van der Waals surface area contributed by atoms with Crippen LogP contribution in [0, 0.1) is 5.92 Å². The normalized spacial score (nSPS) is 23.6. The smallest absolute Gasteiger partial charge is 0.342 e. The zero-order valence-corrected chi connectivity index (χ0v) is 10.5. The van der Waals surface area contributed by atoms with Gasteiger partial charge >= 0.3 is 5.97 Å². The molecule has 0 aromatic carbocycles. The van der Waals surface area contributed by atoms with Gasteiger partial charge in [-0.05, 0) is 31.6 Å². The molecule has 1 aromatic rings. The summed E-state index contributed by atoms with van der Waals surface area (Å²) in [4.78, 5) is 18.7. The Hall–Kier alpha value is -1.65. The summed E-state index contributed by atoms with van der Waals surface area (Å²) in [6.45, 7) is 2.14. The van der Waals surface area contributed by atoms with Crippen molar-refractivity contribution in [3.8, 4) is 5.88 Å². The predicted octanol–water partition coefficient (Wildman–Crippen LogP) is 2.52. The van der Waals surface area contributed by atoms with Crippen molar-refractivity contribution < 1.29 is 14.6 Å². The van der Waals surface area contributed by atoms with Crippen molar-refractivity contribution in [3.63, 3.8) is 0 Å². The molecular formula is C13H18N2O3. The Kier molecular flexibility index (Phi) is 4.12. The monoisotopic (exact) mass is 250 g/mol. The van der Waals surface area contributed by atoms with Crippen LogP contribution in [-0.2, 0) is 0 Å². The molecule has 5 nitrogen and oxygen atoms in total. The van der Waals surface area contributed by atoms with Crippen molar-refractivity contribution in [1.82, 2.24) is 9.97 Å². The van der Waals surface area contributed by atoms with Gasteiger partial charge in [-0.2, -0.15) is 0 Å². The van der Waals surface area contributed by atoms with E-state index in [0.29, 0.717) is 5.92 Å². The maximum atomic E-state index is 11.1. The first-order valence-corrected chi connectivity index (χ1v) is 6.42. The quantitative estimate of drug-likeness (QED) is 0.888. The molecule has 0 amide bonds. The topological polar surface area (TPSA) is 72.3 Å². The van der Waals surface area contributed by atoms with E-state index >= 15 is 0 Å². The number of aromatic carboxylic acids is 1. The molecule has 0 bridgehead atoms. The summed E-state index contributed by atoms with van der Waals surface area (Å²) in [6, 6.07) is 0. The van der Waals surface area contributed by atoms with E-state index < -0.39 is 5.97 Å². The van der Waals surface area contributed by atoms with Crippen LogP contribution in [0.15, 0.2) is 12.5 Å². The first-order valence-electron chi connectivity index (χ1n) is 6.42. The molecule has 1 N–H and O–H groups in total. The molecule has 1 heterocycles. The highest BCUT2D eigenvalue weighted by molar-refractivity contribution is 5.89. The molecule has 2 unspecified atom stereocenters. The minimum absolute atomic E-state index is 0.0397. The van der Waals surface area contributed by atoms with Gasteiger partial charge in [-0.25, -0.2) is 14.8 Å². The second-order valence-corrected chi connectivity index (χ2v) is 4.66. The third-order valence-electron chi connectivity index (χ3n) is 3.53. The van der Waals surface area contributed by atoms with Crippen LogP contribution in [0.4, 0.5) is 0 Å². The number of ether oxygens (including phenoxy) is 1. The maximum absolute atomic E-state index is 11.1. The maximum Gasteiger partial charge on any atom is 0.342 e. The van der Waals surface area contributed by atoms with Gasteiger partial charge < -0.3 is 9.84 Å². The van der Waals surface area contributed by atoms with Crippen molar-refractivity contribution in [3.05, 3.63) is 18.1 Å². The largest absolute Gasteiger partial charge is 0.477 e. The highest BCUT2D eigenvalue weighted by Gasteiger charge is 2.27. The zero-order valence-electron chi connectivity index (χ0n) is 10.5. The molecule has 0 saturated heterocycles. The van der Waals surface area contributed by atoms with E-state index in [1.165, 1.54) is 18.9 Å². The van der Waals surface area contributed by atoms with Gasteiger partial charge in [0.25, 0.3) is 0 Å². The molecule has 0 aliphatic heterocycles. The summed E-state index contributed by atoms with van der Waals surface area (Å²) in [5.41, 5.74) is 0.0397. The fourth-order valence-electron chi connectivity index (χ4n) is 2.50. The lowest BCUT2D eigenvalue weighted by molar-refractivity contribution is 0.0653.